The smallest absolute Gasteiger partial charge is 0.313 e. The molecule has 0 heterocycles. The van der Waals surface area contributed by atoms with Crippen LogP contribution in [-0.2, 0) is 4.84 Å². The summed E-state index contributed by atoms with van der Waals surface area (Å²) in [7, 11) is 0. The average Bonchev–Trinajstić information content (AvgIpc) is 2.27. The van der Waals surface area contributed by atoms with Gasteiger partial charge in [0.15, 0.2) is 0 Å². The van der Waals surface area contributed by atoms with Crippen LogP contribution in [0.2, 0.25) is 10.0 Å². The first-order valence-electron chi connectivity index (χ1n) is 4.52. The predicted octanol–water partition coefficient (Wildman–Crippen LogP) is 4.55. The molecule has 0 aliphatic heterocycles. The summed E-state index contributed by atoms with van der Waals surface area (Å²) in [6.07, 6.45) is 0. The largest absolute Gasteiger partial charge is 0.365 e. The van der Waals surface area contributed by atoms with Crippen LogP contribution in [0.5, 0.6) is 0 Å². The van der Waals surface area contributed by atoms with Crippen molar-refractivity contribution >= 4 is 69.7 Å². The minimum absolute atomic E-state index is 0.0543. The van der Waals surface area contributed by atoms with Gasteiger partial charge in [0.05, 0.1) is 11.4 Å². The zero-order valence-corrected chi connectivity index (χ0v) is 12.4. The Morgan fingerprint density at radius 3 is 2.22 bits per heavy atom. The minimum Gasteiger partial charge on any atom is -0.313 e. The maximum Gasteiger partial charge on any atom is 0.365 e. The van der Waals surface area contributed by atoms with E-state index in [9.17, 15) is 4.79 Å². The molecule has 3 nitrogen and oxygen atoms in total. The molecule has 0 radical (unpaired) electrons. The Morgan fingerprint density at radius 1 is 1.22 bits per heavy atom. The minimum atomic E-state index is -0.946. The molecule has 0 aliphatic carbocycles. The molecule has 0 saturated heterocycles. The second-order valence-electron chi connectivity index (χ2n) is 3.05. The van der Waals surface area contributed by atoms with Crippen LogP contribution in [0.15, 0.2) is 23.4 Å². The van der Waals surface area contributed by atoms with Crippen LogP contribution in [0.4, 0.5) is 0 Å². The standard InChI is InChI=1S/C10H6Cl5NO2/c11-4-8(9(14)15)16-18-10(17)5-1-6(12)3-7(13)2-5/h1-3,9H,4H2. The van der Waals surface area contributed by atoms with Gasteiger partial charge in [0, 0.05) is 10.0 Å². The number of hydrogen-bond acceptors (Lipinski definition) is 3. The van der Waals surface area contributed by atoms with Crippen molar-refractivity contribution in [2.24, 2.45) is 5.16 Å². The van der Waals surface area contributed by atoms with Crippen LogP contribution in [-0.4, -0.2) is 22.4 Å². The molecule has 0 atom stereocenters. The molecule has 0 fully saturated rings. The normalized spacial score (nSPS) is 11.8. The van der Waals surface area contributed by atoms with Crippen LogP contribution < -0.4 is 0 Å². The molecule has 98 valence electrons. The maximum atomic E-state index is 11.6. The van der Waals surface area contributed by atoms with Crippen molar-refractivity contribution < 1.29 is 9.63 Å². The molecule has 0 aliphatic rings. The first-order chi connectivity index (χ1) is 8.43. The monoisotopic (exact) mass is 347 g/mol. The van der Waals surface area contributed by atoms with E-state index in [1.807, 2.05) is 0 Å². The molecule has 0 saturated carbocycles. The van der Waals surface area contributed by atoms with Crippen LogP contribution in [0, 0.1) is 0 Å². The van der Waals surface area contributed by atoms with Crippen LogP contribution >= 0.6 is 58.0 Å². The number of benzene rings is 1. The van der Waals surface area contributed by atoms with E-state index in [4.69, 9.17) is 58.0 Å². The fourth-order valence-electron chi connectivity index (χ4n) is 0.947. The highest BCUT2D eigenvalue weighted by molar-refractivity contribution is 6.56. The number of halogens is 5. The number of alkyl halides is 3. The highest BCUT2D eigenvalue weighted by Crippen LogP contribution is 2.19. The third-order valence-electron chi connectivity index (χ3n) is 1.73. The van der Waals surface area contributed by atoms with Crippen molar-refractivity contribution in [3.63, 3.8) is 0 Å². The lowest BCUT2D eigenvalue weighted by Crippen LogP contribution is -2.12. The lowest BCUT2D eigenvalue weighted by Gasteiger charge is -2.03. The molecule has 0 spiro atoms. The molecule has 1 aromatic carbocycles. The molecule has 0 amide bonds. The van der Waals surface area contributed by atoms with E-state index in [1.54, 1.807) is 0 Å². The summed E-state index contributed by atoms with van der Waals surface area (Å²) >= 11 is 28.1. The number of rotatable bonds is 4. The molecular weight excluding hydrogens is 343 g/mol. The molecule has 0 bridgehead atoms. The molecule has 8 heteroatoms. The van der Waals surface area contributed by atoms with Gasteiger partial charge in [-0.15, -0.1) is 11.6 Å². The van der Waals surface area contributed by atoms with Crippen LogP contribution in [0.1, 0.15) is 10.4 Å². The van der Waals surface area contributed by atoms with Crippen molar-refractivity contribution in [2.45, 2.75) is 4.84 Å². The number of carbonyl (C=O) groups excluding carboxylic acids is 1. The summed E-state index contributed by atoms with van der Waals surface area (Å²) in [4.78, 5) is 15.3. The molecule has 0 aromatic heterocycles. The summed E-state index contributed by atoms with van der Waals surface area (Å²) < 4.78 is 0. The second-order valence-corrected chi connectivity index (χ2v) is 5.29. The van der Waals surface area contributed by atoms with Crippen molar-refractivity contribution in [1.29, 1.82) is 0 Å². The van der Waals surface area contributed by atoms with E-state index in [1.165, 1.54) is 18.2 Å². The zero-order valence-electron chi connectivity index (χ0n) is 8.67. The number of hydrogen-bond donors (Lipinski definition) is 0. The van der Waals surface area contributed by atoms with E-state index >= 15 is 0 Å². The van der Waals surface area contributed by atoms with Crippen LogP contribution in [0.25, 0.3) is 0 Å². The van der Waals surface area contributed by atoms with Gasteiger partial charge in [-0.1, -0.05) is 51.6 Å². The van der Waals surface area contributed by atoms with Gasteiger partial charge in [-0.3, -0.25) is 0 Å². The molecular formula is C10H6Cl5NO2. The van der Waals surface area contributed by atoms with Gasteiger partial charge in [-0.2, -0.15) is 0 Å². The third kappa shape index (κ3) is 4.82. The summed E-state index contributed by atoms with van der Waals surface area (Å²) in [5, 5.41) is 4.08. The van der Waals surface area contributed by atoms with E-state index in [0.717, 1.165) is 0 Å². The van der Waals surface area contributed by atoms with Gasteiger partial charge in [-0.25, -0.2) is 4.79 Å². The van der Waals surface area contributed by atoms with Gasteiger partial charge >= 0.3 is 5.97 Å². The summed E-state index contributed by atoms with van der Waals surface area (Å²) in [6, 6.07) is 4.27. The Morgan fingerprint density at radius 2 is 1.78 bits per heavy atom. The maximum absolute atomic E-state index is 11.6. The number of carbonyl (C=O) groups is 1. The lowest BCUT2D eigenvalue weighted by atomic mass is 10.2. The van der Waals surface area contributed by atoms with Gasteiger partial charge < -0.3 is 4.84 Å². The molecule has 18 heavy (non-hydrogen) atoms. The van der Waals surface area contributed by atoms with Crippen molar-refractivity contribution in [1.82, 2.24) is 0 Å². The average molecular weight is 349 g/mol. The Bertz CT molecular complexity index is 455. The summed E-state index contributed by atoms with van der Waals surface area (Å²) in [5.41, 5.74) is 0.285. The number of nitrogens with zero attached hydrogens (tertiary/aromatic N) is 1. The van der Waals surface area contributed by atoms with E-state index in [2.05, 4.69) is 9.99 Å². The summed E-state index contributed by atoms with van der Waals surface area (Å²) in [6.45, 7) is 0. The van der Waals surface area contributed by atoms with Gasteiger partial charge in [0.2, 0.25) is 0 Å². The molecule has 0 unspecified atom stereocenters. The van der Waals surface area contributed by atoms with Gasteiger partial charge in [0.25, 0.3) is 0 Å². The highest BCUT2D eigenvalue weighted by atomic mass is 35.5. The Labute approximate surface area is 129 Å². The lowest BCUT2D eigenvalue weighted by molar-refractivity contribution is 0.0516. The first kappa shape index (κ1) is 15.9. The van der Waals surface area contributed by atoms with Crippen molar-refractivity contribution in [3.8, 4) is 0 Å². The Hall–Kier alpha value is -0.190. The van der Waals surface area contributed by atoms with Crippen LogP contribution in [0.3, 0.4) is 0 Å². The molecule has 0 N–H and O–H groups in total. The van der Waals surface area contributed by atoms with E-state index < -0.39 is 10.8 Å². The quantitative estimate of drug-likeness (QED) is 0.346. The third-order valence-corrected chi connectivity index (χ3v) is 2.95. The Balaban J connectivity index is 2.82. The Kier molecular flexibility index (Phi) is 6.53. The van der Waals surface area contributed by atoms with E-state index in [-0.39, 0.29) is 17.2 Å². The zero-order chi connectivity index (χ0) is 13.7. The second kappa shape index (κ2) is 7.41. The predicted molar refractivity (Wildman–Crippen MR) is 75.5 cm³/mol. The fraction of sp³-hybridized carbons (Fsp3) is 0.200. The number of oxime groups is 1. The van der Waals surface area contributed by atoms with Gasteiger partial charge in [0.1, 0.15) is 10.5 Å². The summed E-state index contributed by atoms with van der Waals surface area (Å²) in [5.74, 6) is -0.794. The van der Waals surface area contributed by atoms with Crippen molar-refractivity contribution in [3.05, 3.63) is 33.8 Å². The van der Waals surface area contributed by atoms with Crippen molar-refractivity contribution in [2.75, 3.05) is 5.88 Å². The molecule has 1 rings (SSSR count). The van der Waals surface area contributed by atoms with Gasteiger partial charge in [-0.05, 0) is 18.2 Å². The fourth-order valence-corrected chi connectivity index (χ4v) is 2.07. The molecule has 1 aromatic rings. The SMILES string of the molecule is O=C(ON=C(CCl)C(Cl)Cl)c1cc(Cl)cc(Cl)c1. The van der Waals surface area contributed by atoms with E-state index in [0.29, 0.717) is 10.0 Å². The topological polar surface area (TPSA) is 38.7 Å². The first-order valence-corrected chi connectivity index (χ1v) is 6.68. The highest BCUT2D eigenvalue weighted by Gasteiger charge is 2.13.